The molecule has 6 heteroatoms. The lowest BCUT2D eigenvalue weighted by Crippen LogP contribution is -2.45. The van der Waals surface area contributed by atoms with Gasteiger partial charge in [-0.25, -0.2) is 0 Å². The molecule has 0 saturated carbocycles. The summed E-state index contributed by atoms with van der Waals surface area (Å²) in [5, 5.41) is 23.3. The van der Waals surface area contributed by atoms with Crippen LogP contribution in [0.5, 0.6) is 0 Å². The van der Waals surface area contributed by atoms with Gasteiger partial charge in [-0.2, -0.15) is 0 Å². The minimum atomic E-state index is -0.672. The highest BCUT2D eigenvalue weighted by molar-refractivity contribution is 5.76. The summed E-state index contributed by atoms with van der Waals surface area (Å²) in [7, 11) is 0. The molecular formula is C64H121NO5. The van der Waals surface area contributed by atoms with E-state index in [1.54, 1.807) is 0 Å². The Bertz CT molecular complexity index is 1130. The molecule has 6 nitrogen and oxygen atoms in total. The van der Waals surface area contributed by atoms with E-state index >= 15 is 0 Å². The third-order valence-corrected chi connectivity index (χ3v) is 14.4. The zero-order valence-corrected chi connectivity index (χ0v) is 47.0. The number of carbonyl (C=O) groups is 2. The van der Waals surface area contributed by atoms with Crippen molar-refractivity contribution in [1.29, 1.82) is 0 Å². The van der Waals surface area contributed by atoms with E-state index < -0.39 is 12.1 Å². The number of allylic oxidation sites excluding steroid dienone is 6. The molecule has 2 unspecified atom stereocenters. The van der Waals surface area contributed by atoms with Gasteiger partial charge >= 0.3 is 5.97 Å². The molecule has 0 aromatic rings. The number of hydrogen-bond donors (Lipinski definition) is 3. The molecular weight excluding hydrogens is 863 g/mol. The average molecular weight is 985 g/mol. The largest absolute Gasteiger partial charge is 0.466 e. The first kappa shape index (κ1) is 68.1. The normalized spacial score (nSPS) is 12.8. The number of rotatable bonds is 58. The molecule has 0 radical (unpaired) electrons. The maximum absolute atomic E-state index is 12.5. The van der Waals surface area contributed by atoms with Gasteiger partial charge in [-0.1, -0.05) is 275 Å². The summed E-state index contributed by atoms with van der Waals surface area (Å²) in [6.07, 6.45) is 74.3. The van der Waals surface area contributed by atoms with Gasteiger partial charge < -0.3 is 20.3 Å². The molecule has 0 heterocycles. The zero-order valence-electron chi connectivity index (χ0n) is 47.0. The van der Waals surface area contributed by atoms with Gasteiger partial charge in [0.15, 0.2) is 0 Å². The van der Waals surface area contributed by atoms with Crippen LogP contribution >= 0.6 is 0 Å². The number of aliphatic hydroxyl groups is 2. The lowest BCUT2D eigenvalue weighted by molar-refractivity contribution is -0.143. The number of hydrogen-bond acceptors (Lipinski definition) is 5. The van der Waals surface area contributed by atoms with Crippen LogP contribution in [-0.2, 0) is 14.3 Å². The van der Waals surface area contributed by atoms with Gasteiger partial charge in [0.05, 0.1) is 25.4 Å². The molecule has 0 aliphatic heterocycles. The Morgan fingerprint density at radius 2 is 0.714 bits per heavy atom. The molecule has 0 fully saturated rings. The number of carbonyl (C=O) groups excluding carboxylic acids is 2. The van der Waals surface area contributed by atoms with Crippen molar-refractivity contribution in [3.8, 4) is 0 Å². The van der Waals surface area contributed by atoms with Gasteiger partial charge in [0.2, 0.25) is 5.91 Å². The van der Waals surface area contributed by atoms with E-state index in [0.717, 1.165) is 70.6 Å². The van der Waals surface area contributed by atoms with E-state index in [0.29, 0.717) is 25.9 Å². The van der Waals surface area contributed by atoms with E-state index in [1.165, 1.54) is 231 Å². The SMILES string of the molecule is CCCCCCCC/C=C\CCCCCCCC(=O)OCCCCC/C=C\C=C/CCCCCCCCCCCCC(=O)NC(CO)C(O)CCCCCCCCCCCCCCCCCCCCC. The van der Waals surface area contributed by atoms with E-state index in [2.05, 4.69) is 55.6 Å². The van der Waals surface area contributed by atoms with Gasteiger partial charge in [0.1, 0.15) is 0 Å². The summed E-state index contributed by atoms with van der Waals surface area (Å²) in [5.74, 6) is -0.0636. The molecule has 412 valence electrons. The molecule has 0 aliphatic rings. The lowest BCUT2D eigenvalue weighted by Gasteiger charge is -2.22. The van der Waals surface area contributed by atoms with Gasteiger partial charge in [0.25, 0.3) is 0 Å². The molecule has 0 saturated heterocycles. The predicted octanol–water partition coefficient (Wildman–Crippen LogP) is 19.6. The smallest absolute Gasteiger partial charge is 0.305 e. The van der Waals surface area contributed by atoms with Crippen LogP contribution in [0.2, 0.25) is 0 Å². The van der Waals surface area contributed by atoms with Crippen molar-refractivity contribution in [2.45, 2.75) is 347 Å². The van der Waals surface area contributed by atoms with E-state index in [9.17, 15) is 19.8 Å². The molecule has 1 amide bonds. The van der Waals surface area contributed by atoms with Crippen LogP contribution in [0.1, 0.15) is 335 Å². The molecule has 0 aliphatic carbocycles. The Kier molecular flexibility index (Phi) is 58.0. The van der Waals surface area contributed by atoms with Crippen molar-refractivity contribution < 1.29 is 24.5 Å². The van der Waals surface area contributed by atoms with Gasteiger partial charge in [-0.15, -0.1) is 0 Å². The third kappa shape index (κ3) is 55.4. The molecule has 0 bridgehead atoms. The van der Waals surface area contributed by atoms with E-state index in [1.807, 2.05) is 0 Å². The standard InChI is InChI=1S/C64H121NO5/c1-3-5-7-9-11-13-15-17-19-20-22-25-29-32-36-40-44-48-52-56-62(67)61(60-66)65-63(68)57-53-49-45-41-37-33-30-26-23-21-24-27-31-35-39-43-47-51-55-59-70-64(69)58-54-50-46-42-38-34-28-18-16-14-12-10-8-6-4-2/h18,27-28,31,35,39,61-62,66-67H,3-17,19-26,29-30,32-34,36-38,40-60H2,1-2H3,(H,65,68)/b28-18-,31-27-,39-35-. The Labute approximate surface area is 436 Å². The average Bonchev–Trinajstić information content (AvgIpc) is 3.36. The Morgan fingerprint density at radius 3 is 1.10 bits per heavy atom. The van der Waals surface area contributed by atoms with E-state index in [-0.39, 0.29) is 18.5 Å². The highest BCUT2D eigenvalue weighted by atomic mass is 16.5. The number of amides is 1. The summed E-state index contributed by atoms with van der Waals surface area (Å²) in [6, 6.07) is -0.550. The quantitative estimate of drug-likeness (QED) is 0.0244. The minimum Gasteiger partial charge on any atom is -0.466 e. The Morgan fingerprint density at radius 1 is 0.400 bits per heavy atom. The van der Waals surface area contributed by atoms with Crippen LogP contribution in [0.4, 0.5) is 0 Å². The van der Waals surface area contributed by atoms with Crippen LogP contribution in [-0.4, -0.2) is 47.4 Å². The zero-order chi connectivity index (χ0) is 50.7. The first-order chi connectivity index (χ1) is 34.5. The van der Waals surface area contributed by atoms with Crippen molar-refractivity contribution >= 4 is 11.9 Å². The van der Waals surface area contributed by atoms with Crippen LogP contribution < -0.4 is 5.32 Å². The fraction of sp³-hybridized carbons (Fsp3) is 0.875. The first-order valence-electron chi connectivity index (χ1n) is 31.3. The summed E-state index contributed by atoms with van der Waals surface area (Å²) in [4.78, 5) is 24.5. The van der Waals surface area contributed by atoms with Crippen molar-refractivity contribution in [2.75, 3.05) is 13.2 Å². The Balaban J connectivity index is 3.48. The second-order valence-corrected chi connectivity index (χ2v) is 21.4. The second-order valence-electron chi connectivity index (χ2n) is 21.4. The maximum Gasteiger partial charge on any atom is 0.305 e. The van der Waals surface area contributed by atoms with Crippen molar-refractivity contribution in [1.82, 2.24) is 5.32 Å². The van der Waals surface area contributed by atoms with E-state index in [4.69, 9.17) is 4.74 Å². The van der Waals surface area contributed by atoms with Crippen molar-refractivity contribution in [3.63, 3.8) is 0 Å². The van der Waals surface area contributed by atoms with Crippen molar-refractivity contribution in [2.24, 2.45) is 0 Å². The maximum atomic E-state index is 12.5. The van der Waals surface area contributed by atoms with Gasteiger partial charge in [-0.3, -0.25) is 9.59 Å². The fourth-order valence-corrected chi connectivity index (χ4v) is 9.63. The molecule has 70 heavy (non-hydrogen) atoms. The van der Waals surface area contributed by atoms with Gasteiger partial charge in [0, 0.05) is 12.8 Å². The Hall–Kier alpha value is -1.92. The first-order valence-corrected chi connectivity index (χ1v) is 31.3. The summed E-state index contributed by atoms with van der Waals surface area (Å²) < 4.78 is 5.45. The second kappa shape index (κ2) is 59.6. The fourth-order valence-electron chi connectivity index (χ4n) is 9.63. The number of esters is 1. The topological polar surface area (TPSA) is 95.9 Å². The number of aliphatic hydroxyl groups excluding tert-OH is 2. The minimum absolute atomic E-state index is 0.0210. The number of unbranched alkanes of at least 4 members (excludes halogenated alkanes) is 42. The summed E-state index contributed by atoms with van der Waals surface area (Å²) in [6.45, 7) is 4.92. The lowest BCUT2D eigenvalue weighted by atomic mass is 10.0. The predicted molar refractivity (Wildman–Crippen MR) is 306 cm³/mol. The van der Waals surface area contributed by atoms with Gasteiger partial charge in [-0.05, 0) is 83.5 Å². The number of ether oxygens (including phenoxy) is 1. The summed E-state index contributed by atoms with van der Waals surface area (Å²) in [5.41, 5.74) is 0. The molecule has 0 spiro atoms. The van der Waals surface area contributed by atoms with Crippen molar-refractivity contribution in [3.05, 3.63) is 36.5 Å². The van der Waals surface area contributed by atoms with Crippen LogP contribution in [0.25, 0.3) is 0 Å². The summed E-state index contributed by atoms with van der Waals surface area (Å²) >= 11 is 0. The molecule has 0 aromatic carbocycles. The highest BCUT2D eigenvalue weighted by Gasteiger charge is 2.20. The highest BCUT2D eigenvalue weighted by Crippen LogP contribution is 2.17. The molecule has 3 N–H and O–H groups in total. The van der Waals surface area contributed by atoms with Crippen LogP contribution in [0.3, 0.4) is 0 Å². The third-order valence-electron chi connectivity index (χ3n) is 14.4. The molecule has 0 aromatic heterocycles. The van der Waals surface area contributed by atoms with Crippen LogP contribution in [0, 0.1) is 0 Å². The van der Waals surface area contributed by atoms with Crippen LogP contribution in [0.15, 0.2) is 36.5 Å². The number of nitrogens with one attached hydrogen (secondary N) is 1. The molecule has 0 rings (SSSR count). The molecule has 2 atom stereocenters. The monoisotopic (exact) mass is 984 g/mol.